The summed E-state index contributed by atoms with van der Waals surface area (Å²) < 4.78 is 5.32. The molecule has 0 bridgehead atoms. The fourth-order valence-corrected chi connectivity index (χ4v) is 1.93. The van der Waals surface area contributed by atoms with Crippen molar-refractivity contribution in [3.8, 4) is 5.75 Å². The number of allylic oxidation sites excluding steroid dienone is 3. The summed E-state index contributed by atoms with van der Waals surface area (Å²) in [6, 6.07) is 6.21. The first-order chi connectivity index (χ1) is 9.20. The highest BCUT2D eigenvalue weighted by atomic mass is 16.5. The molecule has 0 saturated heterocycles. The maximum Gasteiger partial charge on any atom is 0.185 e. The Morgan fingerprint density at radius 3 is 2.58 bits per heavy atom. The Kier molecular flexibility index (Phi) is 4.31. The molecule has 0 amide bonds. The normalized spacial score (nSPS) is 21.9. The lowest BCUT2D eigenvalue weighted by Gasteiger charge is -2.19. The van der Waals surface area contributed by atoms with Crippen LogP contribution in [0.5, 0.6) is 5.75 Å². The molecule has 0 fully saturated rings. The van der Waals surface area contributed by atoms with Gasteiger partial charge in [-0.1, -0.05) is 30.4 Å². The number of carbonyl (C=O) groups excluding carboxylic acids is 1. The molecule has 1 N–H and O–H groups in total. The maximum atomic E-state index is 11.9. The first-order valence-electron chi connectivity index (χ1n) is 6.10. The number of hydrogen-bond donors (Lipinski definition) is 1. The van der Waals surface area contributed by atoms with Crippen molar-refractivity contribution in [2.24, 2.45) is 5.92 Å². The zero-order valence-electron chi connectivity index (χ0n) is 10.7. The van der Waals surface area contributed by atoms with E-state index >= 15 is 0 Å². The first kappa shape index (κ1) is 13.3. The van der Waals surface area contributed by atoms with Crippen LogP contribution < -0.4 is 0 Å². The Morgan fingerprint density at radius 2 is 1.89 bits per heavy atom. The summed E-state index contributed by atoms with van der Waals surface area (Å²) in [5, 5.41) is 9.18. The highest BCUT2D eigenvalue weighted by Crippen LogP contribution is 2.17. The van der Waals surface area contributed by atoms with Crippen molar-refractivity contribution in [1.82, 2.24) is 0 Å². The maximum absolute atomic E-state index is 11.9. The average molecular weight is 256 g/mol. The third kappa shape index (κ3) is 3.42. The number of rotatable bonds is 4. The number of aromatic hydroxyl groups is 1. The van der Waals surface area contributed by atoms with Crippen molar-refractivity contribution in [3.63, 3.8) is 0 Å². The SMILES string of the molecule is COC1C=CC=CC1C=CC(=O)c1ccc(O)cc1. The largest absolute Gasteiger partial charge is 0.508 e. The molecular weight excluding hydrogens is 240 g/mol. The molecule has 1 aliphatic carbocycles. The average Bonchev–Trinajstić information content (AvgIpc) is 2.45. The van der Waals surface area contributed by atoms with Gasteiger partial charge in [0.05, 0.1) is 6.10 Å². The third-order valence-corrected chi connectivity index (χ3v) is 3.02. The monoisotopic (exact) mass is 256 g/mol. The van der Waals surface area contributed by atoms with Crippen molar-refractivity contribution < 1.29 is 14.6 Å². The van der Waals surface area contributed by atoms with Crippen LogP contribution in [-0.4, -0.2) is 24.1 Å². The molecule has 0 saturated carbocycles. The Bertz CT molecular complexity index is 523. The number of ketones is 1. The molecule has 0 radical (unpaired) electrons. The highest BCUT2D eigenvalue weighted by Gasteiger charge is 2.15. The smallest absolute Gasteiger partial charge is 0.185 e. The van der Waals surface area contributed by atoms with Gasteiger partial charge in [0.1, 0.15) is 5.75 Å². The van der Waals surface area contributed by atoms with Crippen LogP contribution in [0.3, 0.4) is 0 Å². The second-order valence-corrected chi connectivity index (χ2v) is 4.32. The Morgan fingerprint density at radius 1 is 1.21 bits per heavy atom. The molecule has 3 nitrogen and oxygen atoms in total. The Hall–Kier alpha value is -2.13. The summed E-state index contributed by atoms with van der Waals surface area (Å²) >= 11 is 0. The van der Waals surface area contributed by atoms with Gasteiger partial charge < -0.3 is 9.84 Å². The molecule has 1 aliphatic rings. The summed E-state index contributed by atoms with van der Waals surface area (Å²) in [7, 11) is 1.65. The van der Waals surface area contributed by atoms with E-state index in [-0.39, 0.29) is 23.6 Å². The summed E-state index contributed by atoms with van der Waals surface area (Å²) in [6.07, 6.45) is 11.2. The Labute approximate surface area is 112 Å². The van der Waals surface area contributed by atoms with Crippen LogP contribution in [0.2, 0.25) is 0 Å². The second-order valence-electron chi connectivity index (χ2n) is 4.32. The summed E-state index contributed by atoms with van der Waals surface area (Å²) in [5.74, 6) is 0.134. The lowest BCUT2D eigenvalue weighted by Crippen LogP contribution is -2.18. The summed E-state index contributed by atoms with van der Waals surface area (Å²) in [4.78, 5) is 11.9. The molecule has 19 heavy (non-hydrogen) atoms. The number of hydrogen-bond acceptors (Lipinski definition) is 3. The molecule has 0 aliphatic heterocycles. The number of phenolic OH excluding ortho intramolecular Hbond substituents is 1. The van der Waals surface area contributed by atoms with Crippen LogP contribution in [0.1, 0.15) is 10.4 Å². The predicted octanol–water partition coefficient (Wildman–Crippen LogP) is 2.89. The molecule has 2 atom stereocenters. The topological polar surface area (TPSA) is 46.5 Å². The molecule has 3 heteroatoms. The van der Waals surface area contributed by atoms with Gasteiger partial charge in [-0.15, -0.1) is 0 Å². The van der Waals surface area contributed by atoms with E-state index in [2.05, 4.69) is 0 Å². The third-order valence-electron chi connectivity index (χ3n) is 3.02. The molecule has 0 heterocycles. The number of carbonyl (C=O) groups is 1. The first-order valence-corrected chi connectivity index (χ1v) is 6.10. The van der Waals surface area contributed by atoms with Gasteiger partial charge >= 0.3 is 0 Å². The molecule has 2 unspecified atom stereocenters. The van der Waals surface area contributed by atoms with Crippen LogP contribution in [-0.2, 0) is 4.74 Å². The minimum atomic E-state index is -0.0854. The van der Waals surface area contributed by atoms with Crippen LogP contribution in [0, 0.1) is 5.92 Å². The highest BCUT2D eigenvalue weighted by molar-refractivity contribution is 6.04. The van der Waals surface area contributed by atoms with Crippen LogP contribution >= 0.6 is 0 Å². The van der Waals surface area contributed by atoms with Gasteiger partial charge in [-0.3, -0.25) is 4.79 Å². The molecule has 1 aromatic carbocycles. The zero-order valence-corrected chi connectivity index (χ0v) is 10.7. The van der Waals surface area contributed by atoms with Crippen molar-refractivity contribution in [2.75, 3.05) is 7.11 Å². The van der Waals surface area contributed by atoms with Gasteiger partial charge in [0.15, 0.2) is 5.78 Å². The molecule has 1 aromatic rings. The van der Waals surface area contributed by atoms with E-state index < -0.39 is 0 Å². The van der Waals surface area contributed by atoms with E-state index in [0.717, 1.165) is 0 Å². The molecular formula is C16H16O3. The molecule has 0 aromatic heterocycles. The van der Waals surface area contributed by atoms with Crippen molar-refractivity contribution in [2.45, 2.75) is 6.10 Å². The summed E-state index contributed by atoms with van der Waals surface area (Å²) in [5.41, 5.74) is 0.554. The van der Waals surface area contributed by atoms with E-state index in [1.165, 1.54) is 12.1 Å². The zero-order chi connectivity index (χ0) is 13.7. The number of phenols is 1. The quantitative estimate of drug-likeness (QED) is 0.665. The van der Waals surface area contributed by atoms with Crippen molar-refractivity contribution in [1.29, 1.82) is 0 Å². The number of benzene rings is 1. The number of ether oxygens (including phenoxy) is 1. The minimum absolute atomic E-state index is 0.0335. The second kappa shape index (κ2) is 6.16. The van der Waals surface area contributed by atoms with Gasteiger partial charge in [0.2, 0.25) is 0 Å². The van der Waals surface area contributed by atoms with Gasteiger partial charge in [-0.25, -0.2) is 0 Å². The van der Waals surface area contributed by atoms with Gasteiger partial charge in [-0.05, 0) is 30.3 Å². The van der Waals surface area contributed by atoms with E-state index in [0.29, 0.717) is 5.56 Å². The minimum Gasteiger partial charge on any atom is -0.508 e. The lowest BCUT2D eigenvalue weighted by molar-refractivity contribution is 0.104. The van der Waals surface area contributed by atoms with Crippen molar-refractivity contribution >= 4 is 5.78 Å². The van der Waals surface area contributed by atoms with E-state index in [1.54, 1.807) is 25.3 Å². The predicted molar refractivity (Wildman–Crippen MR) is 74.1 cm³/mol. The number of methoxy groups -OCH3 is 1. The van der Waals surface area contributed by atoms with Crippen LogP contribution in [0.25, 0.3) is 0 Å². The fourth-order valence-electron chi connectivity index (χ4n) is 1.93. The van der Waals surface area contributed by atoms with Gasteiger partial charge in [0, 0.05) is 18.6 Å². The Balaban J connectivity index is 2.06. The summed E-state index contributed by atoms with van der Waals surface area (Å²) in [6.45, 7) is 0. The standard InChI is InChI=1S/C16H16O3/c1-19-16-5-3-2-4-13(16)8-11-15(18)12-6-9-14(17)10-7-12/h2-11,13,16-17H,1H3. The lowest BCUT2D eigenvalue weighted by atomic mass is 9.96. The molecule has 0 spiro atoms. The van der Waals surface area contributed by atoms with Crippen LogP contribution in [0.4, 0.5) is 0 Å². The fraction of sp³-hybridized carbons (Fsp3) is 0.188. The van der Waals surface area contributed by atoms with Gasteiger partial charge in [0.25, 0.3) is 0 Å². The van der Waals surface area contributed by atoms with Crippen LogP contribution in [0.15, 0.2) is 60.7 Å². The van der Waals surface area contributed by atoms with Crippen molar-refractivity contribution in [3.05, 3.63) is 66.3 Å². The van der Waals surface area contributed by atoms with E-state index in [4.69, 9.17) is 4.74 Å². The molecule has 2 rings (SSSR count). The van der Waals surface area contributed by atoms with E-state index in [9.17, 15) is 9.90 Å². The molecule has 98 valence electrons. The van der Waals surface area contributed by atoms with Gasteiger partial charge in [-0.2, -0.15) is 0 Å². The van der Waals surface area contributed by atoms with E-state index in [1.807, 2.05) is 30.4 Å².